The fraction of sp³-hybridized carbons (Fsp3) is 0.185. The van der Waals surface area contributed by atoms with Crippen LogP contribution >= 0.6 is 0 Å². The molecule has 0 atom stereocenters. The highest BCUT2D eigenvalue weighted by Gasteiger charge is 2.16. The van der Waals surface area contributed by atoms with E-state index in [2.05, 4.69) is 80.4 Å². The Hall–Kier alpha value is -3.46. The molecule has 0 radical (unpaired) electrons. The Balaban J connectivity index is 1.60. The van der Waals surface area contributed by atoms with Crippen molar-refractivity contribution in [1.29, 1.82) is 0 Å². The topological polar surface area (TPSA) is 38.9 Å². The molecule has 0 saturated heterocycles. The summed E-state index contributed by atoms with van der Waals surface area (Å²) in [6, 6.07) is 21.3. The highest BCUT2D eigenvalue weighted by Crippen LogP contribution is 2.37. The summed E-state index contributed by atoms with van der Waals surface area (Å²) in [5, 5.41) is 2.12. The van der Waals surface area contributed by atoms with E-state index in [-0.39, 0.29) is 0 Å². The normalized spacial score (nSPS) is 11.6. The SMILES string of the molecule is Cc1ccc2c(n1)oc1c(-c3ccc(-c4ccc(C(C)C)cc4)cn3)c(C)ccc12. The van der Waals surface area contributed by atoms with Gasteiger partial charge in [0.1, 0.15) is 5.58 Å². The molecule has 5 rings (SSSR count). The van der Waals surface area contributed by atoms with E-state index in [1.54, 1.807) is 0 Å². The van der Waals surface area contributed by atoms with Gasteiger partial charge in [-0.15, -0.1) is 0 Å². The van der Waals surface area contributed by atoms with Crippen molar-refractivity contribution in [3.63, 3.8) is 0 Å². The van der Waals surface area contributed by atoms with Gasteiger partial charge < -0.3 is 4.42 Å². The Morgan fingerprint density at radius 2 is 1.50 bits per heavy atom. The van der Waals surface area contributed by atoms with Crippen LogP contribution in [0.25, 0.3) is 44.5 Å². The molecular formula is C27H24N2O. The first-order valence-corrected chi connectivity index (χ1v) is 10.4. The van der Waals surface area contributed by atoms with Crippen LogP contribution in [-0.2, 0) is 0 Å². The van der Waals surface area contributed by atoms with Crippen LogP contribution in [0.2, 0.25) is 0 Å². The molecular weight excluding hydrogens is 368 g/mol. The van der Waals surface area contributed by atoms with Crippen molar-refractivity contribution in [3.8, 4) is 22.4 Å². The molecule has 3 aromatic heterocycles. The van der Waals surface area contributed by atoms with Gasteiger partial charge in [0, 0.05) is 33.8 Å². The lowest BCUT2D eigenvalue weighted by atomic mass is 9.98. The lowest BCUT2D eigenvalue weighted by Gasteiger charge is -2.09. The maximum atomic E-state index is 6.20. The van der Waals surface area contributed by atoms with Gasteiger partial charge in [-0.05, 0) is 54.7 Å². The smallest absolute Gasteiger partial charge is 0.227 e. The first-order chi connectivity index (χ1) is 14.5. The van der Waals surface area contributed by atoms with Crippen molar-refractivity contribution >= 4 is 22.1 Å². The van der Waals surface area contributed by atoms with Gasteiger partial charge in [0.15, 0.2) is 0 Å². The molecule has 0 aliphatic heterocycles. The van der Waals surface area contributed by atoms with E-state index in [0.29, 0.717) is 11.6 Å². The number of fused-ring (bicyclic) bond motifs is 3. The summed E-state index contributed by atoms with van der Waals surface area (Å²) in [5.74, 6) is 0.533. The third-order valence-electron chi connectivity index (χ3n) is 5.78. The number of benzene rings is 2. The number of hydrogen-bond acceptors (Lipinski definition) is 3. The number of rotatable bonds is 3. The van der Waals surface area contributed by atoms with Gasteiger partial charge in [-0.1, -0.05) is 56.3 Å². The van der Waals surface area contributed by atoms with Crippen LogP contribution in [0.3, 0.4) is 0 Å². The molecule has 0 unspecified atom stereocenters. The lowest BCUT2D eigenvalue weighted by Crippen LogP contribution is -1.90. The summed E-state index contributed by atoms with van der Waals surface area (Å²) in [6.07, 6.45) is 1.95. The molecule has 3 heteroatoms. The Morgan fingerprint density at radius 3 is 2.20 bits per heavy atom. The van der Waals surface area contributed by atoms with Crippen molar-refractivity contribution in [2.24, 2.45) is 0 Å². The predicted molar refractivity (Wildman–Crippen MR) is 124 cm³/mol. The van der Waals surface area contributed by atoms with Gasteiger partial charge in [0.25, 0.3) is 0 Å². The lowest BCUT2D eigenvalue weighted by molar-refractivity contribution is 0.653. The van der Waals surface area contributed by atoms with Crippen molar-refractivity contribution in [2.45, 2.75) is 33.6 Å². The fourth-order valence-electron chi connectivity index (χ4n) is 4.00. The molecule has 0 fully saturated rings. The summed E-state index contributed by atoms with van der Waals surface area (Å²) in [7, 11) is 0. The van der Waals surface area contributed by atoms with Crippen LogP contribution in [0, 0.1) is 13.8 Å². The standard InChI is InChI=1S/C27H24N2O/c1-16(2)19-7-9-20(10-8-19)21-11-14-24(28-15-21)25-17(3)5-12-22-23-13-6-18(4)29-27(23)30-26(22)25/h5-16H,1-4H3. The number of aromatic nitrogens is 2. The maximum Gasteiger partial charge on any atom is 0.227 e. The Morgan fingerprint density at radius 1 is 0.767 bits per heavy atom. The molecule has 0 spiro atoms. The van der Waals surface area contributed by atoms with Crippen LogP contribution in [0.4, 0.5) is 0 Å². The van der Waals surface area contributed by atoms with Crippen LogP contribution < -0.4 is 0 Å². The molecule has 3 heterocycles. The third-order valence-corrected chi connectivity index (χ3v) is 5.78. The summed E-state index contributed by atoms with van der Waals surface area (Å²) in [6.45, 7) is 8.50. The van der Waals surface area contributed by atoms with E-state index in [9.17, 15) is 0 Å². The zero-order chi connectivity index (χ0) is 20.8. The highest BCUT2D eigenvalue weighted by molar-refractivity contribution is 6.09. The van der Waals surface area contributed by atoms with Crippen LogP contribution in [0.5, 0.6) is 0 Å². The molecule has 0 bridgehead atoms. The van der Waals surface area contributed by atoms with Gasteiger partial charge >= 0.3 is 0 Å². The number of pyridine rings is 2. The van der Waals surface area contributed by atoms with Crippen molar-refractivity contribution < 1.29 is 4.42 Å². The van der Waals surface area contributed by atoms with Gasteiger partial charge in [-0.3, -0.25) is 4.98 Å². The number of aryl methyl sites for hydroxylation is 2. The molecule has 148 valence electrons. The van der Waals surface area contributed by atoms with E-state index in [0.717, 1.165) is 44.4 Å². The minimum atomic E-state index is 0.533. The monoisotopic (exact) mass is 392 g/mol. The third kappa shape index (κ3) is 3.07. The maximum absolute atomic E-state index is 6.20. The van der Waals surface area contributed by atoms with Crippen LogP contribution in [0.1, 0.15) is 36.6 Å². The molecule has 30 heavy (non-hydrogen) atoms. The number of nitrogens with zero attached hydrogens (tertiary/aromatic N) is 2. The second kappa shape index (κ2) is 7.10. The van der Waals surface area contributed by atoms with Crippen LogP contribution in [-0.4, -0.2) is 9.97 Å². The minimum Gasteiger partial charge on any atom is -0.437 e. The number of hydrogen-bond donors (Lipinski definition) is 0. The van der Waals surface area contributed by atoms with E-state index in [1.165, 1.54) is 11.1 Å². The summed E-state index contributed by atoms with van der Waals surface area (Å²) in [4.78, 5) is 9.36. The second-order valence-corrected chi connectivity index (χ2v) is 8.25. The van der Waals surface area contributed by atoms with Crippen LogP contribution in [0.15, 0.2) is 71.3 Å². The molecule has 0 N–H and O–H groups in total. The van der Waals surface area contributed by atoms with Crippen molar-refractivity contribution in [1.82, 2.24) is 9.97 Å². The minimum absolute atomic E-state index is 0.533. The molecule has 0 amide bonds. The summed E-state index contributed by atoms with van der Waals surface area (Å²) >= 11 is 0. The first kappa shape index (κ1) is 18.6. The molecule has 5 aromatic rings. The average molecular weight is 393 g/mol. The van der Waals surface area contributed by atoms with Crippen molar-refractivity contribution in [2.75, 3.05) is 0 Å². The quantitative estimate of drug-likeness (QED) is 0.320. The Bertz CT molecular complexity index is 1360. The van der Waals surface area contributed by atoms with E-state index >= 15 is 0 Å². The Labute approximate surface area is 176 Å². The van der Waals surface area contributed by atoms with E-state index in [1.807, 2.05) is 19.2 Å². The molecule has 0 aliphatic carbocycles. The summed E-state index contributed by atoms with van der Waals surface area (Å²) < 4.78 is 6.20. The largest absolute Gasteiger partial charge is 0.437 e. The van der Waals surface area contributed by atoms with Gasteiger partial charge in [0.05, 0.1) is 5.69 Å². The molecule has 0 aliphatic rings. The molecule has 2 aromatic carbocycles. The van der Waals surface area contributed by atoms with E-state index < -0.39 is 0 Å². The van der Waals surface area contributed by atoms with Gasteiger partial charge in [0.2, 0.25) is 5.71 Å². The number of furan rings is 1. The van der Waals surface area contributed by atoms with Gasteiger partial charge in [-0.25, -0.2) is 4.98 Å². The average Bonchev–Trinajstić information content (AvgIpc) is 3.11. The zero-order valence-corrected chi connectivity index (χ0v) is 17.7. The fourth-order valence-corrected chi connectivity index (χ4v) is 4.00. The zero-order valence-electron chi connectivity index (χ0n) is 17.7. The van der Waals surface area contributed by atoms with Crippen molar-refractivity contribution in [3.05, 3.63) is 83.7 Å². The second-order valence-electron chi connectivity index (χ2n) is 8.25. The summed E-state index contributed by atoms with van der Waals surface area (Å²) in [5.41, 5.74) is 9.20. The predicted octanol–water partition coefficient (Wildman–Crippen LogP) is 7.45. The first-order valence-electron chi connectivity index (χ1n) is 10.4. The van der Waals surface area contributed by atoms with E-state index in [4.69, 9.17) is 9.40 Å². The molecule has 3 nitrogen and oxygen atoms in total. The molecule has 0 saturated carbocycles. The highest BCUT2D eigenvalue weighted by atomic mass is 16.3. The Kier molecular flexibility index (Phi) is 4.39. The van der Waals surface area contributed by atoms with Gasteiger partial charge in [-0.2, -0.15) is 0 Å².